The van der Waals surface area contributed by atoms with Crippen LogP contribution in [0.5, 0.6) is 0 Å². The van der Waals surface area contributed by atoms with Gasteiger partial charge in [-0.15, -0.1) is 0 Å². The van der Waals surface area contributed by atoms with Crippen LogP contribution in [0.2, 0.25) is 0 Å². The molecule has 10 rings (SSSR count). The van der Waals surface area contributed by atoms with Gasteiger partial charge in [0.05, 0.1) is 33.2 Å². The Balaban J connectivity index is 1.31. The SMILES string of the molecule is c1ccc(-c2cc(-c3ccccc3)nc(-n3c4ccccc4c4c5oc6c(ccc7oc8ccccc8c76)c5ccc43)n2)cc1. The summed E-state index contributed by atoms with van der Waals surface area (Å²) in [5, 5.41) is 6.31. The minimum Gasteiger partial charge on any atom is -0.456 e. The zero-order valence-electron chi connectivity index (χ0n) is 23.9. The normalized spacial score (nSPS) is 12.0. The topological polar surface area (TPSA) is 57.0 Å². The van der Waals surface area contributed by atoms with Gasteiger partial charge in [0, 0.05) is 32.7 Å². The van der Waals surface area contributed by atoms with Gasteiger partial charge in [-0.05, 0) is 42.5 Å². The molecule has 10 aromatic rings. The van der Waals surface area contributed by atoms with Crippen LogP contribution in [0.3, 0.4) is 0 Å². The third-order valence-electron chi connectivity index (χ3n) is 8.83. The number of benzene rings is 6. The summed E-state index contributed by atoms with van der Waals surface area (Å²) in [5.41, 5.74) is 9.17. The summed E-state index contributed by atoms with van der Waals surface area (Å²) < 4.78 is 15.2. The molecule has 6 aromatic carbocycles. The van der Waals surface area contributed by atoms with Gasteiger partial charge in [0.1, 0.15) is 22.3 Å². The molecular weight excluding hydrogens is 554 g/mol. The second-order valence-electron chi connectivity index (χ2n) is 11.4. The Morgan fingerprint density at radius 2 is 1.02 bits per heavy atom. The number of aromatic nitrogens is 3. The Morgan fingerprint density at radius 1 is 0.422 bits per heavy atom. The lowest BCUT2D eigenvalue weighted by Gasteiger charge is -2.11. The first kappa shape index (κ1) is 24.3. The second kappa shape index (κ2) is 9.15. The molecule has 45 heavy (non-hydrogen) atoms. The van der Waals surface area contributed by atoms with Gasteiger partial charge in [0.2, 0.25) is 5.95 Å². The minimum absolute atomic E-state index is 0.611. The summed E-state index contributed by atoms with van der Waals surface area (Å²) in [7, 11) is 0. The number of para-hydroxylation sites is 2. The molecule has 210 valence electrons. The number of furan rings is 2. The van der Waals surface area contributed by atoms with E-state index in [9.17, 15) is 0 Å². The minimum atomic E-state index is 0.611. The average molecular weight is 578 g/mol. The van der Waals surface area contributed by atoms with Gasteiger partial charge in [-0.1, -0.05) is 97.1 Å². The van der Waals surface area contributed by atoms with Crippen LogP contribution >= 0.6 is 0 Å². The molecule has 0 aliphatic rings. The van der Waals surface area contributed by atoms with E-state index < -0.39 is 0 Å². The van der Waals surface area contributed by atoms with Crippen molar-refractivity contribution in [3.05, 3.63) is 140 Å². The molecule has 5 nitrogen and oxygen atoms in total. The molecule has 0 N–H and O–H groups in total. The lowest BCUT2D eigenvalue weighted by Crippen LogP contribution is -2.03. The smallest absolute Gasteiger partial charge is 0.235 e. The Kier molecular flexibility index (Phi) is 4.93. The molecule has 0 unspecified atom stereocenters. The van der Waals surface area contributed by atoms with Crippen LogP contribution in [0, 0.1) is 0 Å². The highest BCUT2D eigenvalue weighted by Gasteiger charge is 2.22. The molecule has 0 atom stereocenters. The van der Waals surface area contributed by atoms with Crippen LogP contribution in [0.4, 0.5) is 0 Å². The van der Waals surface area contributed by atoms with E-state index in [0.717, 1.165) is 88.2 Å². The highest BCUT2D eigenvalue weighted by atomic mass is 16.3. The van der Waals surface area contributed by atoms with E-state index >= 15 is 0 Å². The zero-order chi connectivity index (χ0) is 29.5. The van der Waals surface area contributed by atoms with E-state index in [2.05, 4.69) is 83.4 Å². The number of fused-ring (bicyclic) bond motifs is 11. The van der Waals surface area contributed by atoms with E-state index in [1.165, 1.54) is 0 Å². The number of rotatable bonds is 3. The van der Waals surface area contributed by atoms with Gasteiger partial charge < -0.3 is 8.83 Å². The largest absolute Gasteiger partial charge is 0.456 e. The van der Waals surface area contributed by atoms with E-state index in [4.69, 9.17) is 18.8 Å². The lowest BCUT2D eigenvalue weighted by molar-refractivity contribution is 0.664. The molecule has 0 radical (unpaired) electrons. The highest BCUT2D eigenvalue weighted by Crippen LogP contribution is 2.44. The fourth-order valence-corrected chi connectivity index (χ4v) is 6.82. The Labute approximate surface area is 256 Å². The van der Waals surface area contributed by atoms with Gasteiger partial charge in [-0.2, -0.15) is 0 Å². The Hall–Kier alpha value is -6.20. The van der Waals surface area contributed by atoms with Crippen LogP contribution in [-0.4, -0.2) is 14.5 Å². The van der Waals surface area contributed by atoms with E-state index in [1.54, 1.807) is 0 Å². The summed E-state index contributed by atoms with van der Waals surface area (Å²) >= 11 is 0. The first-order chi connectivity index (χ1) is 22.3. The zero-order valence-corrected chi connectivity index (χ0v) is 23.9. The van der Waals surface area contributed by atoms with Gasteiger partial charge in [0.15, 0.2) is 0 Å². The van der Waals surface area contributed by atoms with Crippen molar-refractivity contribution in [3.63, 3.8) is 0 Å². The molecule has 4 heterocycles. The molecule has 0 saturated carbocycles. The molecule has 0 aliphatic carbocycles. The van der Waals surface area contributed by atoms with Crippen molar-refractivity contribution in [1.29, 1.82) is 0 Å². The second-order valence-corrected chi connectivity index (χ2v) is 11.4. The molecule has 0 aliphatic heterocycles. The first-order valence-electron chi connectivity index (χ1n) is 15.0. The third kappa shape index (κ3) is 3.49. The van der Waals surface area contributed by atoms with Gasteiger partial charge in [-0.3, -0.25) is 4.57 Å². The highest BCUT2D eigenvalue weighted by molar-refractivity contribution is 6.28. The van der Waals surface area contributed by atoms with Gasteiger partial charge >= 0.3 is 0 Å². The molecule has 4 aromatic heterocycles. The summed E-state index contributed by atoms with van der Waals surface area (Å²) in [6.45, 7) is 0. The van der Waals surface area contributed by atoms with Crippen LogP contribution in [0.1, 0.15) is 0 Å². The predicted octanol–water partition coefficient (Wildman–Crippen LogP) is 10.7. The van der Waals surface area contributed by atoms with Crippen LogP contribution < -0.4 is 0 Å². The van der Waals surface area contributed by atoms with Crippen LogP contribution in [0.25, 0.3) is 94.1 Å². The predicted molar refractivity (Wildman–Crippen MR) is 182 cm³/mol. The number of hydrogen-bond donors (Lipinski definition) is 0. The maximum atomic E-state index is 6.87. The van der Waals surface area contributed by atoms with Crippen molar-refractivity contribution >= 4 is 65.7 Å². The van der Waals surface area contributed by atoms with E-state index in [1.807, 2.05) is 60.7 Å². The standard InChI is InChI=1S/C40H23N3O2/c1-3-11-24(12-4-1)30-23-31(25-13-5-2-6-14-25)42-40(41-30)43-32-17-9-7-15-28(32)36-33(43)21-19-26-27-20-22-35-37(39(27)45-38(26)36)29-16-8-10-18-34(29)44-35/h1-23H. The van der Waals surface area contributed by atoms with Crippen molar-refractivity contribution in [2.24, 2.45) is 0 Å². The third-order valence-corrected chi connectivity index (χ3v) is 8.83. The van der Waals surface area contributed by atoms with Crippen molar-refractivity contribution in [1.82, 2.24) is 14.5 Å². The van der Waals surface area contributed by atoms with Crippen molar-refractivity contribution < 1.29 is 8.83 Å². The summed E-state index contributed by atoms with van der Waals surface area (Å²) in [4.78, 5) is 10.3. The fraction of sp³-hybridized carbons (Fsp3) is 0. The molecular formula is C40H23N3O2. The molecule has 5 heteroatoms. The van der Waals surface area contributed by atoms with Gasteiger partial charge in [0.25, 0.3) is 0 Å². The Morgan fingerprint density at radius 3 is 1.76 bits per heavy atom. The van der Waals surface area contributed by atoms with Gasteiger partial charge in [-0.25, -0.2) is 9.97 Å². The molecule has 0 amide bonds. The molecule has 0 bridgehead atoms. The van der Waals surface area contributed by atoms with Crippen molar-refractivity contribution in [2.75, 3.05) is 0 Å². The number of nitrogens with zero attached hydrogens (tertiary/aromatic N) is 3. The maximum absolute atomic E-state index is 6.87. The van der Waals surface area contributed by atoms with E-state index in [-0.39, 0.29) is 0 Å². The van der Waals surface area contributed by atoms with Crippen molar-refractivity contribution in [3.8, 4) is 28.5 Å². The Bertz CT molecular complexity index is 2700. The molecule has 0 saturated heterocycles. The summed E-state index contributed by atoms with van der Waals surface area (Å²) in [5.74, 6) is 0.611. The lowest BCUT2D eigenvalue weighted by atomic mass is 10.1. The molecule has 0 spiro atoms. The maximum Gasteiger partial charge on any atom is 0.235 e. The fourth-order valence-electron chi connectivity index (χ4n) is 6.82. The monoisotopic (exact) mass is 577 g/mol. The van der Waals surface area contributed by atoms with Crippen LogP contribution in [0.15, 0.2) is 148 Å². The van der Waals surface area contributed by atoms with Crippen LogP contribution in [-0.2, 0) is 0 Å². The molecule has 0 fully saturated rings. The van der Waals surface area contributed by atoms with Crippen molar-refractivity contribution in [2.45, 2.75) is 0 Å². The quantitative estimate of drug-likeness (QED) is 0.210. The number of hydrogen-bond acceptors (Lipinski definition) is 4. The summed E-state index contributed by atoms with van der Waals surface area (Å²) in [6.07, 6.45) is 0. The summed E-state index contributed by atoms with van der Waals surface area (Å²) in [6, 6.07) is 47.7. The average Bonchev–Trinajstić information content (AvgIpc) is 3.78. The first-order valence-corrected chi connectivity index (χ1v) is 15.0. The van der Waals surface area contributed by atoms with E-state index in [0.29, 0.717) is 5.95 Å².